The van der Waals surface area contributed by atoms with Crippen molar-refractivity contribution in [3.8, 4) is 0 Å². The van der Waals surface area contributed by atoms with E-state index in [1.807, 2.05) is 54.6 Å². The molecule has 1 unspecified atom stereocenters. The van der Waals surface area contributed by atoms with E-state index in [-0.39, 0.29) is 0 Å². The van der Waals surface area contributed by atoms with Crippen molar-refractivity contribution in [2.45, 2.75) is 24.9 Å². The van der Waals surface area contributed by atoms with E-state index in [9.17, 15) is 5.11 Å². The summed E-state index contributed by atoms with van der Waals surface area (Å²) < 4.78 is 0. The van der Waals surface area contributed by atoms with Crippen LogP contribution < -0.4 is 0 Å². The Bertz CT molecular complexity index is 1210. The molecule has 5 aromatic rings. The van der Waals surface area contributed by atoms with Crippen molar-refractivity contribution in [2.75, 3.05) is 0 Å². The number of nitrogens with one attached hydrogen (secondary N) is 1. The monoisotopic (exact) mass is 450 g/mol. The van der Waals surface area contributed by atoms with Crippen molar-refractivity contribution in [3.63, 3.8) is 0 Å². The van der Waals surface area contributed by atoms with Crippen LogP contribution in [0.5, 0.6) is 0 Å². The topological polar surface area (TPSA) is 48.9 Å². The second-order valence-corrected chi connectivity index (χ2v) is 9.43. The van der Waals surface area contributed by atoms with Crippen LogP contribution in [0.25, 0.3) is 0 Å². The van der Waals surface area contributed by atoms with Gasteiger partial charge in [0.2, 0.25) is 0 Å². The maximum absolute atomic E-state index is 13.3. The van der Waals surface area contributed by atoms with Crippen LogP contribution in [0.3, 0.4) is 0 Å². The molecule has 0 radical (unpaired) electrons. The van der Waals surface area contributed by atoms with Gasteiger partial charge in [-0.25, -0.2) is 4.98 Å². The van der Waals surface area contributed by atoms with Crippen molar-refractivity contribution in [1.82, 2.24) is 9.97 Å². The minimum atomic E-state index is -1.51. The zero-order chi connectivity index (χ0) is 22.9. The molecule has 0 spiro atoms. The van der Waals surface area contributed by atoms with Gasteiger partial charge in [-0.05, 0) is 41.5 Å². The Morgan fingerprint density at radius 3 is 1.61 bits per heavy atom. The number of imidazole rings is 1. The van der Waals surface area contributed by atoms with Crippen LogP contribution >= 0.6 is 11.3 Å². The number of benzene rings is 3. The third-order valence-electron chi connectivity index (χ3n) is 6.52. The predicted octanol–water partition coefficient (Wildman–Crippen LogP) is 6.36. The van der Waals surface area contributed by atoms with Gasteiger partial charge in [0.1, 0.15) is 5.82 Å². The van der Waals surface area contributed by atoms with Crippen LogP contribution in [0.15, 0.2) is 109 Å². The highest BCUT2D eigenvalue weighted by Crippen LogP contribution is 2.56. The molecule has 3 nitrogen and oxygen atoms in total. The van der Waals surface area contributed by atoms with Gasteiger partial charge in [-0.3, -0.25) is 0 Å². The van der Waals surface area contributed by atoms with Crippen molar-refractivity contribution in [1.29, 1.82) is 0 Å². The first-order chi connectivity index (χ1) is 16.1. The van der Waals surface area contributed by atoms with Gasteiger partial charge < -0.3 is 10.1 Å². The first-order valence-electron chi connectivity index (χ1n) is 11.0. The molecule has 4 heteroatoms. The maximum Gasteiger partial charge on any atom is 0.166 e. The Morgan fingerprint density at radius 2 is 1.24 bits per heavy atom. The number of hydrogen-bond acceptors (Lipinski definition) is 3. The van der Waals surface area contributed by atoms with Crippen LogP contribution in [0.4, 0.5) is 0 Å². The number of thiophene rings is 1. The lowest BCUT2D eigenvalue weighted by atomic mass is 9.56. The lowest BCUT2D eigenvalue weighted by Gasteiger charge is -2.48. The highest BCUT2D eigenvalue weighted by atomic mass is 32.1. The number of aryl methyl sites for hydroxylation is 2. The summed E-state index contributed by atoms with van der Waals surface area (Å²) in [5, 5.41) is 15.4. The number of rotatable bonds is 6. The highest BCUT2D eigenvalue weighted by molar-refractivity contribution is 7.10. The first kappa shape index (κ1) is 21.4. The fourth-order valence-corrected chi connectivity index (χ4v) is 6.15. The molecule has 5 rings (SSSR count). The van der Waals surface area contributed by atoms with Crippen molar-refractivity contribution < 1.29 is 5.11 Å². The van der Waals surface area contributed by atoms with Gasteiger partial charge in [-0.2, -0.15) is 0 Å². The minimum absolute atomic E-state index is 0.517. The molecule has 0 fully saturated rings. The number of aromatic nitrogens is 2. The van der Waals surface area contributed by atoms with E-state index < -0.39 is 11.0 Å². The molecule has 0 aliphatic rings. The maximum atomic E-state index is 13.3. The highest BCUT2D eigenvalue weighted by Gasteiger charge is 2.58. The molecule has 2 aromatic heterocycles. The fourth-order valence-electron chi connectivity index (χ4n) is 5.25. The molecule has 164 valence electrons. The van der Waals surface area contributed by atoms with E-state index in [2.05, 4.69) is 65.6 Å². The molecule has 0 saturated heterocycles. The number of nitrogens with zero attached hydrogens (tertiary/aromatic N) is 1. The molecule has 0 aliphatic carbocycles. The summed E-state index contributed by atoms with van der Waals surface area (Å²) in [5.41, 5.74) is 2.44. The molecular weight excluding hydrogens is 424 g/mol. The van der Waals surface area contributed by atoms with Crippen molar-refractivity contribution in [2.24, 2.45) is 0 Å². The summed E-state index contributed by atoms with van der Waals surface area (Å²) in [7, 11) is 0. The average molecular weight is 451 g/mol. The number of aliphatic hydroxyl groups is 1. The second-order valence-electron chi connectivity index (χ2n) is 8.35. The molecule has 3 aromatic carbocycles. The zero-order valence-electron chi connectivity index (χ0n) is 18.7. The van der Waals surface area contributed by atoms with E-state index in [1.165, 1.54) is 0 Å². The predicted molar refractivity (Wildman–Crippen MR) is 135 cm³/mol. The Kier molecular flexibility index (Phi) is 5.49. The fraction of sp³-hybridized carbons (Fsp3) is 0.138. The first-order valence-corrected chi connectivity index (χ1v) is 11.9. The van der Waals surface area contributed by atoms with Gasteiger partial charge >= 0.3 is 0 Å². The molecular formula is C29H26N2OS. The molecule has 0 amide bonds. The number of hydrogen-bond donors (Lipinski definition) is 2. The molecule has 0 aliphatic heterocycles. The standard InChI is InChI=1S/C29H26N2OS/c1-21-20-33-22(2)26(21)29(32,27-30-18-19-31-27)28(23-12-6-3-7-13-23,24-14-8-4-9-15-24)25-16-10-5-11-17-25/h3-20,32H,1-2H3,(H,30,31). The van der Waals surface area contributed by atoms with Crippen LogP contribution in [0.2, 0.25) is 0 Å². The summed E-state index contributed by atoms with van der Waals surface area (Å²) in [6, 6.07) is 30.8. The normalized spacial score (nSPS) is 13.5. The molecule has 0 bridgehead atoms. The minimum Gasteiger partial charge on any atom is -0.375 e. The van der Waals surface area contributed by atoms with E-state index in [0.717, 1.165) is 32.7 Å². The SMILES string of the molecule is Cc1csc(C)c1C(O)(c1ncc[nH]1)C(c1ccccc1)(c1ccccc1)c1ccccc1. The van der Waals surface area contributed by atoms with Gasteiger partial charge in [-0.1, -0.05) is 91.0 Å². The van der Waals surface area contributed by atoms with E-state index in [4.69, 9.17) is 0 Å². The van der Waals surface area contributed by atoms with E-state index in [1.54, 1.807) is 23.7 Å². The number of H-pyrrole nitrogens is 1. The van der Waals surface area contributed by atoms with Gasteiger partial charge in [0.15, 0.2) is 5.60 Å². The second kappa shape index (κ2) is 8.47. The van der Waals surface area contributed by atoms with E-state index in [0.29, 0.717) is 5.82 Å². The lowest BCUT2D eigenvalue weighted by Crippen LogP contribution is -2.53. The van der Waals surface area contributed by atoms with E-state index >= 15 is 0 Å². The molecule has 0 saturated carbocycles. The third kappa shape index (κ3) is 3.17. The smallest absolute Gasteiger partial charge is 0.166 e. The van der Waals surface area contributed by atoms with Gasteiger partial charge in [-0.15, -0.1) is 11.3 Å². The number of aromatic amines is 1. The van der Waals surface area contributed by atoms with Gasteiger partial charge in [0.05, 0.1) is 5.41 Å². The Hall–Kier alpha value is -3.47. The average Bonchev–Trinajstić information content (AvgIpc) is 3.52. The third-order valence-corrected chi connectivity index (χ3v) is 7.55. The molecule has 2 N–H and O–H groups in total. The Balaban J connectivity index is 2.03. The molecule has 33 heavy (non-hydrogen) atoms. The Morgan fingerprint density at radius 1 is 0.758 bits per heavy atom. The summed E-state index contributed by atoms with van der Waals surface area (Å²) >= 11 is 1.66. The Labute approximate surface area is 198 Å². The van der Waals surface area contributed by atoms with Gasteiger partial charge in [0.25, 0.3) is 0 Å². The van der Waals surface area contributed by atoms with Crippen molar-refractivity contribution >= 4 is 11.3 Å². The largest absolute Gasteiger partial charge is 0.375 e. The molecule has 1 atom stereocenters. The molecule has 2 heterocycles. The quantitative estimate of drug-likeness (QED) is 0.296. The van der Waals surface area contributed by atoms with Crippen LogP contribution in [-0.2, 0) is 11.0 Å². The van der Waals surface area contributed by atoms with Gasteiger partial charge in [0, 0.05) is 22.8 Å². The lowest BCUT2D eigenvalue weighted by molar-refractivity contribution is 0.0195. The van der Waals surface area contributed by atoms with Crippen LogP contribution in [-0.4, -0.2) is 15.1 Å². The summed E-state index contributed by atoms with van der Waals surface area (Å²) in [4.78, 5) is 9.01. The summed E-state index contributed by atoms with van der Waals surface area (Å²) in [6.45, 7) is 4.14. The summed E-state index contributed by atoms with van der Waals surface area (Å²) in [6.07, 6.45) is 3.49. The van der Waals surface area contributed by atoms with Crippen LogP contribution in [0.1, 0.15) is 38.5 Å². The summed E-state index contributed by atoms with van der Waals surface area (Å²) in [5.74, 6) is 0.517. The van der Waals surface area contributed by atoms with Crippen molar-refractivity contribution in [3.05, 3.63) is 147 Å². The zero-order valence-corrected chi connectivity index (χ0v) is 19.5. The van der Waals surface area contributed by atoms with Crippen LogP contribution in [0, 0.1) is 13.8 Å².